The van der Waals surface area contributed by atoms with Crippen molar-refractivity contribution in [1.29, 1.82) is 5.26 Å². The summed E-state index contributed by atoms with van der Waals surface area (Å²) in [7, 11) is 0. The second kappa shape index (κ2) is 7.99. The van der Waals surface area contributed by atoms with Crippen LogP contribution in [0.4, 0.5) is 4.79 Å². The van der Waals surface area contributed by atoms with E-state index < -0.39 is 5.97 Å². The molecule has 0 unspecified atom stereocenters. The van der Waals surface area contributed by atoms with Crippen molar-refractivity contribution in [3.8, 4) is 6.07 Å². The van der Waals surface area contributed by atoms with E-state index in [-0.39, 0.29) is 24.2 Å². The first-order chi connectivity index (χ1) is 11.1. The molecule has 0 saturated carbocycles. The average molecular weight is 314 g/mol. The van der Waals surface area contributed by atoms with Crippen molar-refractivity contribution in [1.82, 2.24) is 4.90 Å². The van der Waals surface area contributed by atoms with Crippen LogP contribution < -0.4 is 0 Å². The quantitative estimate of drug-likeness (QED) is 0.681. The number of benzene rings is 1. The van der Waals surface area contributed by atoms with Gasteiger partial charge in [-0.2, -0.15) is 5.26 Å². The molecule has 1 N–H and O–H groups in total. The van der Waals surface area contributed by atoms with Crippen LogP contribution in [-0.2, 0) is 16.1 Å². The van der Waals surface area contributed by atoms with Crippen LogP contribution in [-0.4, -0.2) is 35.2 Å². The van der Waals surface area contributed by atoms with Gasteiger partial charge in [-0.25, -0.2) is 9.59 Å². The van der Waals surface area contributed by atoms with Gasteiger partial charge in [-0.3, -0.25) is 0 Å². The predicted octanol–water partition coefficient (Wildman–Crippen LogP) is 2.57. The lowest BCUT2D eigenvalue weighted by molar-refractivity contribution is -0.132. The number of nitriles is 1. The number of carbonyl (C=O) groups is 2. The van der Waals surface area contributed by atoms with Crippen molar-refractivity contribution < 1.29 is 19.4 Å². The molecule has 1 aliphatic rings. The third-order valence-electron chi connectivity index (χ3n) is 3.76. The number of carboxylic acid groups (broad SMARTS) is 1. The van der Waals surface area contributed by atoms with E-state index >= 15 is 0 Å². The minimum Gasteiger partial charge on any atom is -0.477 e. The fourth-order valence-electron chi connectivity index (χ4n) is 2.45. The standard InChI is InChI=1S/C17H18N2O4/c18-11-15(16(20)21)10-13-6-8-19(9-7-13)17(22)23-12-14-4-2-1-3-5-14/h1-5,10,13H,6-9,12H2,(H,20,21)/b15-10+. The molecule has 1 aliphatic heterocycles. The van der Waals surface area contributed by atoms with Gasteiger partial charge >= 0.3 is 12.1 Å². The zero-order chi connectivity index (χ0) is 16.7. The summed E-state index contributed by atoms with van der Waals surface area (Å²) in [6.07, 6.45) is 2.36. The Morgan fingerprint density at radius 3 is 2.52 bits per heavy atom. The maximum absolute atomic E-state index is 12.0. The number of hydrogen-bond acceptors (Lipinski definition) is 4. The SMILES string of the molecule is N#C/C(=C\C1CCN(C(=O)OCc2ccccc2)CC1)C(=O)O. The first-order valence-corrected chi connectivity index (χ1v) is 7.41. The Bertz CT molecular complexity index is 626. The molecule has 0 spiro atoms. The van der Waals surface area contributed by atoms with E-state index in [2.05, 4.69) is 0 Å². The number of likely N-dealkylation sites (tertiary alicyclic amines) is 1. The Kier molecular flexibility index (Phi) is 5.75. The van der Waals surface area contributed by atoms with Crippen molar-refractivity contribution >= 4 is 12.1 Å². The second-order valence-corrected chi connectivity index (χ2v) is 5.36. The number of carboxylic acids is 1. The summed E-state index contributed by atoms with van der Waals surface area (Å²) >= 11 is 0. The maximum atomic E-state index is 12.0. The molecule has 0 radical (unpaired) electrons. The van der Waals surface area contributed by atoms with E-state index in [1.54, 1.807) is 11.0 Å². The highest BCUT2D eigenvalue weighted by Crippen LogP contribution is 2.20. The molecule has 6 nitrogen and oxygen atoms in total. The number of ether oxygens (including phenoxy) is 1. The van der Waals surface area contributed by atoms with E-state index in [0.717, 1.165) is 5.56 Å². The number of aliphatic carboxylic acids is 1. The molecule has 23 heavy (non-hydrogen) atoms. The van der Waals surface area contributed by atoms with Gasteiger partial charge in [0.05, 0.1) is 0 Å². The highest BCUT2D eigenvalue weighted by molar-refractivity contribution is 5.91. The number of amides is 1. The summed E-state index contributed by atoms with van der Waals surface area (Å²) < 4.78 is 5.27. The Hall–Kier alpha value is -2.81. The average Bonchev–Trinajstić information content (AvgIpc) is 2.58. The lowest BCUT2D eigenvalue weighted by Gasteiger charge is -2.30. The second-order valence-electron chi connectivity index (χ2n) is 5.36. The van der Waals surface area contributed by atoms with Crippen LogP contribution in [0.3, 0.4) is 0 Å². The van der Waals surface area contributed by atoms with Crippen LogP contribution in [0, 0.1) is 17.2 Å². The molecule has 6 heteroatoms. The van der Waals surface area contributed by atoms with Gasteiger partial charge in [-0.05, 0) is 24.3 Å². The molecule has 1 aromatic carbocycles. The molecule has 0 bridgehead atoms. The van der Waals surface area contributed by atoms with Gasteiger partial charge in [-0.1, -0.05) is 36.4 Å². The number of nitrogens with zero attached hydrogens (tertiary/aromatic N) is 2. The van der Waals surface area contributed by atoms with E-state index in [9.17, 15) is 9.59 Å². The molecular formula is C17H18N2O4. The molecular weight excluding hydrogens is 296 g/mol. The smallest absolute Gasteiger partial charge is 0.410 e. The highest BCUT2D eigenvalue weighted by Gasteiger charge is 2.23. The van der Waals surface area contributed by atoms with Crippen LogP contribution >= 0.6 is 0 Å². The molecule has 0 aliphatic carbocycles. The molecule has 2 rings (SSSR count). The number of carbonyl (C=O) groups excluding carboxylic acids is 1. The number of allylic oxidation sites excluding steroid dienone is 1. The Morgan fingerprint density at radius 1 is 1.30 bits per heavy atom. The number of rotatable bonds is 4. The van der Waals surface area contributed by atoms with E-state index in [4.69, 9.17) is 15.1 Å². The summed E-state index contributed by atoms with van der Waals surface area (Å²) in [5.41, 5.74) is 0.689. The predicted molar refractivity (Wildman–Crippen MR) is 82.3 cm³/mol. The van der Waals surface area contributed by atoms with Gasteiger partial charge in [0.1, 0.15) is 18.2 Å². The summed E-state index contributed by atoms with van der Waals surface area (Å²) in [6.45, 7) is 1.22. The Morgan fingerprint density at radius 2 is 1.96 bits per heavy atom. The first kappa shape index (κ1) is 16.6. The Balaban J connectivity index is 1.81. The largest absolute Gasteiger partial charge is 0.477 e. The van der Waals surface area contributed by atoms with Crippen LogP contribution in [0.2, 0.25) is 0 Å². The molecule has 120 valence electrons. The van der Waals surface area contributed by atoms with Gasteiger partial charge in [0.15, 0.2) is 0 Å². The number of hydrogen-bond donors (Lipinski definition) is 1. The van der Waals surface area contributed by atoms with Gasteiger partial charge < -0.3 is 14.7 Å². The van der Waals surface area contributed by atoms with Gasteiger partial charge in [0.25, 0.3) is 0 Å². The fraction of sp³-hybridized carbons (Fsp3) is 0.353. The highest BCUT2D eigenvalue weighted by atomic mass is 16.6. The number of piperidine rings is 1. The molecule has 1 aromatic rings. The maximum Gasteiger partial charge on any atom is 0.410 e. The zero-order valence-electron chi connectivity index (χ0n) is 12.6. The van der Waals surface area contributed by atoms with Gasteiger partial charge in [0.2, 0.25) is 0 Å². The molecule has 0 atom stereocenters. The molecule has 1 saturated heterocycles. The lowest BCUT2D eigenvalue weighted by atomic mass is 9.95. The fourth-order valence-corrected chi connectivity index (χ4v) is 2.45. The normalized spacial score (nSPS) is 15.8. The topological polar surface area (TPSA) is 90.6 Å². The van der Waals surface area contributed by atoms with Crippen molar-refractivity contribution in [3.05, 3.63) is 47.5 Å². The van der Waals surface area contributed by atoms with E-state index in [0.29, 0.717) is 25.9 Å². The molecule has 1 amide bonds. The zero-order valence-corrected chi connectivity index (χ0v) is 12.6. The van der Waals surface area contributed by atoms with E-state index in [1.807, 2.05) is 30.3 Å². The summed E-state index contributed by atoms with van der Waals surface area (Å²) in [6, 6.07) is 11.1. The summed E-state index contributed by atoms with van der Waals surface area (Å²) in [5.74, 6) is -1.21. The Labute approximate surface area is 134 Å². The van der Waals surface area contributed by atoms with Crippen LogP contribution in [0.15, 0.2) is 42.0 Å². The molecule has 1 heterocycles. The summed E-state index contributed by atoms with van der Waals surface area (Å²) in [4.78, 5) is 24.4. The van der Waals surface area contributed by atoms with Crippen molar-refractivity contribution in [2.45, 2.75) is 19.4 Å². The van der Waals surface area contributed by atoms with Gasteiger partial charge in [-0.15, -0.1) is 0 Å². The molecule has 1 fully saturated rings. The first-order valence-electron chi connectivity index (χ1n) is 7.41. The van der Waals surface area contributed by atoms with Gasteiger partial charge in [0, 0.05) is 13.1 Å². The van der Waals surface area contributed by atoms with Crippen molar-refractivity contribution in [2.24, 2.45) is 5.92 Å². The third kappa shape index (κ3) is 4.85. The van der Waals surface area contributed by atoms with Crippen LogP contribution in [0.25, 0.3) is 0 Å². The summed E-state index contributed by atoms with van der Waals surface area (Å²) in [5, 5.41) is 17.6. The van der Waals surface area contributed by atoms with Crippen LogP contribution in [0.1, 0.15) is 18.4 Å². The van der Waals surface area contributed by atoms with Crippen molar-refractivity contribution in [3.63, 3.8) is 0 Å². The minimum absolute atomic E-state index is 0.000997. The lowest BCUT2D eigenvalue weighted by Crippen LogP contribution is -2.38. The minimum atomic E-state index is -1.21. The van der Waals surface area contributed by atoms with Crippen molar-refractivity contribution in [2.75, 3.05) is 13.1 Å². The molecule has 0 aromatic heterocycles. The van der Waals surface area contributed by atoms with Crippen LogP contribution in [0.5, 0.6) is 0 Å². The van der Waals surface area contributed by atoms with E-state index in [1.165, 1.54) is 6.08 Å². The monoisotopic (exact) mass is 314 g/mol. The third-order valence-corrected chi connectivity index (χ3v) is 3.76.